The van der Waals surface area contributed by atoms with E-state index in [2.05, 4.69) is 0 Å². The molecule has 0 atom stereocenters. The Balaban J connectivity index is 3.19. The van der Waals surface area contributed by atoms with E-state index in [1.165, 1.54) is 26.2 Å². The molecule has 0 spiro atoms. The zero-order valence-electron chi connectivity index (χ0n) is 13.4. The van der Waals surface area contributed by atoms with Crippen LogP contribution in [0, 0.1) is 0 Å². The zero-order valence-corrected chi connectivity index (χ0v) is 13.4. The van der Waals surface area contributed by atoms with Gasteiger partial charge in [-0.25, -0.2) is 0 Å². The van der Waals surface area contributed by atoms with E-state index in [0.717, 1.165) is 0 Å². The van der Waals surface area contributed by atoms with Crippen LogP contribution in [0.15, 0.2) is 12.1 Å². The fourth-order valence-corrected chi connectivity index (χ4v) is 2.05. The summed E-state index contributed by atoms with van der Waals surface area (Å²) in [6, 6.07) is 3.17. The Labute approximate surface area is 125 Å². The monoisotopic (exact) mass is 297 g/mol. The van der Waals surface area contributed by atoms with Crippen LogP contribution in [0.1, 0.15) is 24.2 Å². The molecule has 1 amide bonds. The summed E-state index contributed by atoms with van der Waals surface area (Å²) in [5, 5.41) is 9.82. The molecule has 0 aliphatic heterocycles. The first kappa shape index (κ1) is 17.1. The molecule has 21 heavy (non-hydrogen) atoms. The number of amides is 1. The van der Waals surface area contributed by atoms with Crippen molar-refractivity contribution in [3.05, 3.63) is 17.7 Å². The second-order valence-electron chi connectivity index (χ2n) is 5.38. The van der Waals surface area contributed by atoms with Gasteiger partial charge in [0.25, 0.3) is 5.91 Å². The Morgan fingerprint density at radius 3 is 2.00 bits per heavy atom. The fourth-order valence-electron chi connectivity index (χ4n) is 2.05. The third-order valence-electron chi connectivity index (χ3n) is 2.91. The normalized spacial score (nSPS) is 11.0. The van der Waals surface area contributed by atoms with Gasteiger partial charge in [0.1, 0.15) is 5.75 Å². The molecule has 0 aromatic heterocycles. The molecule has 0 fully saturated rings. The summed E-state index contributed by atoms with van der Waals surface area (Å²) in [7, 11) is 6.11. The number of aliphatic hydroxyl groups is 1. The van der Waals surface area contributed by atoms with Gasteiger partial charge in [0, 0.05) is 25.7 Å². The summed E-state index contributed by atoms with van der Waals surface area (Å²) in [6.45, 7) is 3.48. The summed E-state index contributed by atoms with van der Waals surface area (Å²) >= 11 is 0. The van der Waals surface area contributed by atoms with E-state index >= 15 is 0 Å². The molecular formula is C15H23NO5. The van der Waals surface area contributed by atoms with E-state index in [1.807, 2.05) is 0 Å². The largest absolute Gasteiger partial charge is 0.496 e. The van der Waals surface area contributed by atoms with Crippen LogP contribution in [0.4, 0.5) is 0 Å². The van der Waals surface area contributed by atoms with Crippen molar-refractivity contribution in [2.75, 3.05) is 34.9 Å². The predicted molar refractivity (Wildman–Crippen MR) is 79.4 cm³/mol. The summed E-state index contributed by atoms with van der Waals surface area (Å²) in [4.78, 5) is 13.9. The Kier molecular flexibility index (Phi) is 5.43. The molecule has 6 heteroatoms. The van der Waals surface area contributed by atoms with E-state index in [0.29, 0.717) is 22.8 Å². The number of benzene rings is 1. The molecule has 1 rings (SSSR count). The van der Waals surface area contributed by atoms with Gasteiger partial charge in [-0.15, -0.1) is 0 Å². The quantitative estimate of drug-likeness (QED) is 0.863. The lowest BCUT2D eigenvalue weighted by Gasteiger charge is -2.26. The van der Waals surface area contributed by atoms with E-state index in [1.54, 1.807) is 33.0 Å². The van der Waals surface area contributed by atoms with Gasteiger partial charge in [0.05, 0.1) is 32.5 Å². The van der Waals surface area contributed by atoms with Gasteiger partial charge in [0.2, 0.25) is 0 Å². The molecule has 0 saturated carbocycles. The van der Waals surface area contributed by atoms with Crippen molar-refractivity contribution in [2.24, 2.45) is 0 Å². The maximum atomic E-state index is 12.5. The minimum absolute atomic E-state index is 0.198. The number of hydrogen-bond donors (Lipinski definition) is 1. The van der Waals surface area contributed by atoms with Crippen LogP contribution in [0.2, 0.25) is 0 Å². The van der Waals surface area contributed by atoms with Gasteiger partial charge < -0.3 is 24.2 Å². The molecule has 0 aliphatic rings. The lowest BCUT2D eigenvalue weighted by atomic mass is 10.1. The fraction of sp³-hybridized carbons (Fsp3) is 0.533. The zero-order chi connectivity index (χ0) is 16.2. The van der Waals surface area contributed by atoms with Crippen LogP contribution in [0.5, 0.6) is 17.2 Å². The van der Waals surface area contributed by atoms with E-state index < -0.39 is 5.60 Å². The molecule has 0 aliphatic carbocycles. The maximum absolute atomic E-state index is 12.5. The molecule has 0 heterocycles. The summed E-state index contributed by atoms with van der Waals surface area (Å²) in [6.07, 6.45) is 0. The second kappa shape index (κ2) is 6.67. The van der Waals surface area contributed by atoms with Crippen molar-refractivity contribution in [3.8, 4) is 17.2 Å². The van der Waals surface area contributed by atoms with Crippen molar-refractivity contribution in [1.29, 1.82) is 0 Å². The van der Waals surface area contributed by atoms with Crippen LogP contribution in [-0.2, 0) is 0 Å². The highest BCUT2D eigenvalue weighted by atomic mass is 16.5. The van der Waals surface area contributed by atoms with Gasteiger partial charge >= 0.3 is 0 Å². The molecule has 0 unspecified atom stereocenters. The van der Waals surface area contributed by atoms with Crippen LogP contribution in [0.3, 0.4) is 0 Å². The van der Waals surface area contributed by atoms with Crippen LogP contribution < -0.4 is 14.2 Å². The number of ether oxygens (including phenoxy) is 3. The lowest BCUT2D eigenvalue weighted by molar-refractivity contribution is 0.0366. The first-order chi connectivity index (χ1) is 9.73. The number of nitrogens with zero attached hydrogens (tertiary/aromatic N) is 1. The first-order valence-electron chi connectivity index (χ1n) is 6.51. The molecule has 0 saturated heterocycles. The Morgan fingerprint density at radius 1 is 1.10 bits per heavy atom. The molecule has 1 aromatic rings. The highest BCUT2D eigenvalue weighted by molar-refractivity contribution is 5.97. The van der Waals surface area contributed by atoms with E-state index in [9.17, 15) is 9.90 Å². The standard InChI is InChI=1S/C15H23NO5/c1-15(2,18)9-16(3)14(17)10-7-12(20-5)13(21-6)8-11(10)19-4/h7-8,18H,9H2,1-6H3. The lowest BCUT2D eigenvalue weighted by Crippen LogP contribution is -2.39. The van der Waals surface area contributed by atoms with Crippen molar-refractivity contribution in [2.45, 2.75) is 19.4 Å². The van der Waals surface area contributed by atoms with E-state index in [4.69, 9.17) is 14.2 Å². The van der Waals surface area contributed by atoms with E-state index in [-0.39, 0.29) is 12.5 Å². The van der Waals surface area contributed by atoms with Crippen molar-refractivity contribution in [3.63, 3.8) is 0 Å². The highest BCUT2D eigenvalue weighted by Gasteiger charge is 2.24. The van der Waals surface area contributed by atoms with Gasteiger partial charge in [0.15, 0.2) is 11.5 Å². The second-order valence-corrected chi connectivity index (χ2v) is 5.38. The Hall–Kier alpha value is -1.95. The first-order valence-corrected chi connectivity index (χ1v) is 6.51. The molecule has 1 aromatic carbocycles. The number of hydrogen-bond acceptors (Lipinski definition) is 5. The summed E-state index contributed by atoms with van der Waals surface area (Å²) < 4.78 is 15.6. The topological polar surface area (TPSA) is 68.2 Å². The third-order valence-corrected chi connectivity index (χ3v) is 2.91. The summed E-state index contributed by atoms with van der Waals surface area (Å²) in [5.41, 5.74) is -0.629. The van der Waals surface area contributed by atoms with Crippen molar-refractivity contribution < 1.29 is 24.1 Å². The smallest absolute Gasteiger partial charge is 0.257 e. The molecule has 1 N–H and O–H groups in total. The minimum atomic E-state index is -0.978. The van der Waals surface area contributed by atoms with Crippen LogP contribution >= 0.6 is 0 Å². The number of likely N-dealkylation sites (N-methyl/N-ethyl adjacent to an activating group) is 1. The number of carbonyl (C=O) groups excluding carboxylic acids is 1. The summed E-state index contributed by atoms with van der Waals surface area (Å²) in [5.74, 6) is 1.05. The average molecular weight is 297 g/mol. The maximum Gasteiger partial charge on any atom is 0.257 e. The van der Waals surface area contributed by atoms with Crippen LogP contribution in [0.25, 0.3) is 0 Å². The molecule has 0 radical (unpaired) electrons. The highest BCUT2D eigenvalue weighted by Crippen LogP contribution is 2.35. The number of methoxy groups -OCH3 is 3. The van der Waals surface area contributed by atoms with Gasteiger partial charge in [-0.1, -0.05) is 0 Å². The Morgan fingerprint density at radius 2 is 1.57 bits per heavy atom. The third kappa shape index (κ3) is 4.26. The Bertz CT molecular complexity index is 508. The van der Waals surface area contributed by atoms with Gasteiger partial charge in [-0.3, -0.25) is 4.79 Å². The van der Waals surface area contributed by atoms with Crippen molar-refractivity contribution >= 4 is 5.91 Å². The number of carbonyl (C=O) groups is 1. The SMILES string of the molecule is COc1cc(OC)c(C(=O)N(C)CC(C)(C)O)cc1OC. The van der Waals surface area contributed by atoms with Gasteiger partial charge in [-0.05, 0) is 13.8 Å². The van der Waals surface area contributed by atoms with Crippen LogP contribution in [-0.4, -0.2) is 56.4 Å². The minimum Gasteiger partial charge on any atom is -0.496 e. The average Bonchev–Trinajstić information content (AvgIpc) is 2.42. The predicted octanol–water partition coefficient (Wildman–Crippen LogP) is 1.56. The van der Waals surface area contributed by atoms with Crippen molar-refractivity contribution in [1.82, 2.24) is 4.90 Å². The molecule has 6 nitrogen and oxygen atoms in total. The molecular weight excluding hydrogens is 274 g/mol. The number of rotatable bonds is 6. The molecule has 0 bridgehead atoms. The van der Waals surface area contributed by atoms with Gasteiger partial charge in [-0.2, -0.15) is 0 Å². The molecule has 118 valence electrons.